The van der Waals surface area contributed by atoms with E-state index in [0.29, 0.717) is 17.0 Å². The van der Waals surface area contributed by atoms with E-state index in [1.54, 1.807) is 31.4 Å². The van der Waals surface area contributed by atoms with E-state index in [4.69, 9.17) is 4.74 Å². The van der Waals surface area contributed by atoms with E-state index in [1.165, 1.54) is 6.20 Å². The summed E-state index contributed by atoms with van der Waals surface area (Å²) >= 11 is 0. The molecule has 0 spiro atoms. The van der Waals surface area contributed by atoms with Crippen LogP contribution in [0.5, 0.6) is 5.75 Å². The standard InChI is InChI=1S/C23H20N2O3S/c1-16-10-12-19(13-11-16)29(26,27)22-15-24-21-9-4-3-8-20(21)23(22)25-17-6-5-7-18(14-17)28-2/h3-15H,1-2H3,(H,24,25). The molecule has 4 aromatic rings. The first kappa shape index (κ1) is 19.0. The van der Waals surface area contributed by atoms with Gasteiger partial charge in [-0.2, -0.15) is 0 Å². The van der Waals surface area contributed by atoms with Crippen LogP contribution in [0.15, 0.2) is 88.8 Å². The van der Waals surface area contributed by atoms with Gasteiger partial charge in [0, 0.05) is 23.3 Å². The van der Waals surface area contributed by atoms with Crippen LogP contribution in [0.4, 0.5) is 11.4 Å². The van der Waals surface area contributed by atoms with Crippen molar-refractivity contribution in [1.82, 2.24) is 4.98 Å². The fourth-order valence-electron chi connectivity index (χ4n) is 3.15. The molecule has 6 heteroatoms. The van der Waals surface area contributed by atoms with Gasteiger partial charge in [-0.25, -0.2) is 8.42 Å². The molecular formula is C23H20N2O3S. The van der Waals surface area contributed by atoms with Crippen molar-refractivity contribution in [1.29, 1.82) is 0 Å². The number of anilines is 2. The Bertz CT molecular complexity index is 1280. The van der Waals surface area contributed by atoms with Crippen molar-refractivity contribution in [3.63, 3.8) is 0 Å². The minimum atomic E-state index is -3.77. The molecule has 0 atom stereocenters. The van der Waals surface area contributed by atoms with Gasteiger partial charge in [-0.05, 0) is 37.3 Å². The molecular weight excluding hydrogens is 384 g/mol. The van der Waals surface area contributed by atoms with Crippen molar-refractivity contribution in [3.8, 4) is 5.75 Å². The van der Waals surface area contributed by atoms with Crippen LogP contribution in [0.25, 0.3) is 10.9 Å². The summed E-state index contributed by atoms with van der Waals surface area (Å²) in [5, 5.41) is 4.00. The SMILES string of the molecule is COc1cccc(Nc2c(S(=O)(=O)c3ccc(C)cc3)cnc3ccccc23)c1. The average Bonchev–Trinajstić information content (AvgIpc) is 2.74. The predicted octanol–water partition coefficient (Wildman–Crippen LogP) is 5.13. The van der Waals surface area contributed by atoms with Gasteiger partial charge < -0.3 is 10.1 Å². The molecule has 0 aliphatic rings. The second kappa shape index (κ2) is 7.56. The van der Waals surface area contributed by atoms with Crippen LogP contribution < -0.4 is 10.1 Å². The lowest BCUT2D eigenvalue weighted by Gasteiger charge is -2.16. The molecule has 1 N–H and O–H groups in total. The number of nitrogens with one attached hydrogen (secondary N) is 1. The van der Waals surface area contributed by atoms with Crippen LogP contribution in [-0.2, 0) is 9.84 Å². The summed E-state index contributed by atoms with van der Waals surface area (Å²) < 4.78 is 32.1. The molecule has 1 heterocycles. The van der Waals surface area contributed by atoms with Crippen molar-refractivity contribution in [2.24, 2.45) is 0 Å². The van der Waals surface area contributed by atoms with E-state index in [9.17, 15) is 8.42 Å². The van der Waals surface area contributed by atoms with Crippen LogP contribution >= 0.6 is 0 Å². The summed E-state index contributed by atoms with van der Waals surface area (Å²) in [5.74, 6) is 0.677. The number of hydrogen-bond acceptors (Lipinski definition) is 5. The van der Waals surface area contributed by atoms with E-state index >= 15 is 0 Å². The second-order valence-corrected chi connectivity index (χ2v) is 8.61. The third-order valence-corrected chi connectivity index (χ3v) is 6.48. The molecule has 0 aliphatic carbocycles. The van der Waals surface area contributed by atoms with Crippen molar-refractivity contribution in [2.45, 2.75) is 16.7 Å². The lowest BCUT2D eigenvalue weighted by Crippen LogP contribution is -2.07. The van der Waals surface area contributed by atoms with Crippen LogP contribution in [0.3, 0.4) is 0 Å². The molecule has 3 aromatic carbocycles. The Balaban J connectivity index is 1.92. The van der Waals surface area contributed by atoms with E-state index in [0.717, 1.165) is 16.6 Å². The Morgan fingerprint density at radius 3 is 2.45 bits per heavy atom. The molecule has 4 rings (SSSR count). The first-order chi connectivity index (χ1) is 14.0. The number of aryl methyl sites for hydroxylation is 1. The molecule has 0 fully saturated rings. The molecule has 146 valence electrons. The van der Waals surface area contributed by atoms with Crippen molar-refractivity contribution < 1.29 is 13.2 Å². The Hall–Kier alpha value is -3.38. The normalized spacial score (nSPS) is 11.4. The maximum Gasteiger partial charge on any atom is 0.210 e. The number of hydrogen-bond donors (Lipinski definition) is 1. The quantitative estimate of drug-likeness (QED) is 0.499. The third kappa shape index (κ3) is 3.67. The molecule has 0 bridgehead atoms. The Morgan fingerprint density at radius 1 is 0.931 bits per heavy atom. The number of ether oxygens (including phenoxy) is 1. The van der Waals surface area contributed by atoms with Crippen LogP contribution in [0.1, 0.15) is 5.56 Å². The highest BCUT2D eigenvalue weighted by Gasteiger charge is 2.24. The molecule has 0 radical (unpaired) electrons. The first-order valence-corrected chi connectivity index (χ1v) is 10.6. The van der Waals surface area contributed by atoms with Gasteiger partial charge in [-0.1, -0.05) is 42.0 Å². The van der Waals surface area contributed by atoms with Gasteiger partial charge in [-0.15, -0.1) is 0 Å². The molecule has 0 amide bonds. The van der Waals surface area contributed by atoms with Gasteiger partial charge in [0.05, 0.1) is 23.2 Å². The smallest absolute Gasteiger partial charge is 0.210 e. The van der Waals surface area contributed by atoms with Gasteiger partial charge in [-0.3, -0.25) is 4.98 Å². The number of benzene rings is 3. The Kier molecular flexibility index (Phi) is 4.94. The lowest BCUT2D eigenvalue weighted by atomic mass is 10.2. The zero-order valence-corrected chi connectivity index (χ0v) is 16.9. The maximum absolute atomic E-state index is 13.4. The minimum Gasteiger partial charge on any atom is -0.497 e. The zero-order chi connectivity index (χ0) is 20.4. The molecule has 5 nitrogen and oxygen atoms in total. The summed E-state index contributed by atoms with van der Waals surface area (Å²) in [6, 6.07) is 21.6. The Morgan fingerprint density at radius 2 is 1.69 bits per heavy atom. The average molecular weight is 404 g/mol. The summed E-state index contributed by atoms with van der Waals surface area (Å²) in [4.78, 5) is 4.74. The molecule has 1 aromatic heterocycles. The van der Waals surface area contributed by atoms with Crippen molar-refractivity contribution >= 4 is 32.1 Å². The lowest BCUT2D eigenvalue weighted by molar-refractivity contribution is 0.415. The van der Waals surface area contributed by atoms with Gasteiger partial charge in [0.15, 0.2) is 0 Å². The van der Waals surface area contributed by atoms with E-state index in [2.05, 4.69) is 10.3 Å². The van der Waals surface area contributed by atoms with Crippen LogP contribution in [-0.4, -0.2) is 20.5 Å². The zero-order valence-electron chi connectivity index (χ0n) is 16.1. The number of rotatable bonds is 5. The molecule has 0 unspecified atom stereocenters. The number of nitrogens with zero attached hydrogens (tertiary/aromatic N) is 1. The van der Waals surface area contributed by atoms with Gasteiger partial charge in [0.2, 0.25) is 9.84 Å². The minimum absolute atomic E-state index is 0.128. The second-order valence-electron chi connectivity index (χ2n) is 6.69. The van der Waals surface area contributed by atoms with Gasteiger partial charge in [0.25, 0.3) is 0 Å². The first-order valence-electron chi connectivity index (χ1n) is 9.09. The number of fused-ring (bicyclic) bond motifs is 1. The van der Waals surface area contributed by atoms with E-state index < -0.39 is 9.84 Å². The maximum atomic E-state index is 13.4. The van der Waals surface area contributed by atoms with Crippen LogP contribution in [0, 0.1) is 6.92 Å². The monoisotopic (exact) mass is 404 g/mol. The predicted molar refractivity (Wildman–Crippen MR) is 115 cm³/mol. The van der Waals surface area contributed by atoms with Crippen molar-refractivity contribution in [2.75, 3.05) is 12.4 Å². The van der Waals surface area contributed by atoms with Gasteiger partial charge in [0.1, 0.15) is 10.6 Å². The number of sulfone groups is 1. The summed E-state index contributed by atoms with van der Waals surface area (Å²) in [7, 11) is -2.18. The number of pyridine rings is 1. The number of methoxy groups -OCH3 is 1. The molecule has 29 heavy (non-hydrogen) atoms. The topological polar surface area (TPSA) is 68.3 Å². The fraction of sp³-hybridized carbons (Fsp3) is 0.0870. The van der Waals surface area contributed by atoms with Crippen molar-refractivity contribution in [3.05, 3.63) is 84.6 Å². The summed E-state index contributed by atoms with van der Waals surface area (Å²) in [5.41, 5.74) is 2.92. The highest BCUT2D eigenvalue weighted by molar-refractivity contribution is 7.91. The molecule has 0 saturated heterocycles. The highest BCUT2D eigenvalue weighted by atomic mass is 32.2. The fourth-order valence-corrected chi connectivity index (χ4v) is 4.51. The van der Waals surface area contributed by atoms with E-state index in [1.807, 2.05) is 55.5 Å². The van der Waals surface area contributed by atoms with Crippen LogP contribution in [0.2, 0.25) is 0 Å². The number of para-hydroxylation sites is 1. The number of aromatic nitrogens is 1. The van der Waals surface area contributed by atoms with E-state index in [-0.39, 0.29) is 9.79 Å². The summed E-state index contributed by atoms with van der Waals surface area (Å²) in [6.07, 6.45) is 1.42. The molecule has 0 aliphatic heterocycles. The third-order valence-electron chi connectivity index (χ3n) is 4.70. The Labute approximate surface area is 169 Å². The summed E-state index contributed by atoms with van der Waals surface area (Å²) in [6.45, 7) is 1.92. The van der Waals surface area contributed by atoms with Gasteiger partial charge >= 0.3 is 0 Å². The molecule has 0 saturated carbocycles. The highest BCUT2D eigenvalue weighted by Crippen LogP contribution is 2.35. The largest absolute Gasteiger partial charge is 0.497 e.